The zero-order chi connectivity index (χ0) is 14.8. The lowest BCUT2D eigenvalue weighted by Gasteiger charge is -2.09. The Morgan fingerprint density at radius 3 is 3.05 bits per heavy atom. The predicted molar refractivity (Wildman–Crippen MR) is 74.0 cm³/mol. The number of ether oxygens (including phenoxy) is 1. The molecule has 0 unspecified atom stereocenters. The fourth-order valence-electron chi connectivity index (χ4n) is 1.44. The number of aliphatic imine (C=N–C) groups is 1. The normalized spacial score (nSPS) is 11.7. The van der Waals surface area contributed by atoms with E-state index < -0.39 is 13.0 Å². The van der Waals surface area contributed by atoms with Crippen molar-refractivity contribution < 1.29 is 13.5 Å². The quantitative estimate of drug-likeness (QED) is 0.435. The minimum atomic E-state index is -2.53. The van der Waals surface area contributed by atoms with Crippen LogP contribution in [0.5, 0.6) is 5.88 Å². The second-order valence-corrected chi connectivity index (χ2v) is 4.15. The molecule has 0 saturated carbocycles. The second-order valence-electron chi connectivity index (χ2n) is 4.15. The van der Waals surface area contributed by atoms with E-state index in [1.165, 1.54) is 6.20 Å². The Kier molecular flexibility index (Phi) is 7.31. The summed E-state index contributed by atoms with van der Waals surface area (Å²) >= 11 is 0. The number of alkyl halides is 2. The predicted octanol–water partition coefficient (Wildman–Crippen LogP) is 1.93. The van der Waals surface area contributed by atoms with E-state index in [0.29, 0.717) is 11.5 Å². The molecule has 1 aromatic rings. The first kappa shape index (κ1) is 16.1. The van der Waals surface area contributed by atoms with Gasteiger partial charge in [0.1, 0.15) is 0 Å². The monoisotopic (exact) mass is 286 g/mol. The molecule has 1 aromatic heterocycles. The average Bonchev–Trinajstić information content (AvgIpc) is 2.44. The van der Waals surface area contributed by atoms with Crippen LogP contribution in [0.1, 0.15) is 25.3 Å². The minimum Gasteiger partial charge on any atom is -0.471 e. The van der Waals surface area contributed by atoms with E-state index in [-0.39, 0.29) is 12.4 Å². The highest BCUT2D eigenvalue weighted by molar-refractivity contribution is 5.77. The molecule has 0 fully saturated rings. The molecule has 0 spiro atoms. The maximum absolute atomic E-state index is 12.1. The fourth-order valence-corrected chi connectivity index (χ4v) is 1.44. The lowest BCUT2D eigenvalue weighted by Crippen LogP contribution is -2.32. The Balaban J connectivity index is 2.55. The van der Waals surface area contributed by atoms with Crippen LogP contribution in [-0.2, 0) is 6.54 Å². The third-order valence-corrected chi connectivity index (χ3v) is 2.45. The van der Waals surface area contributed by atoms with E-state index in [1.807, 2.05) is 0 Å². The van der Waals surface area contributed by atoms with Crippen LogP contribution in [0.25, 0.3) is 0 Å². The smallest absolute Gasteiger partial charge is 0.272 e. The van der Waals surface area contributed by atoms with E-state index in [1.54, 1.807) is 12.1 Å². The Labute approximate surface area is 117 Å². The number of nitrogens with zero attached hydrogens (tertiary/aromatic N) is 2. The van der Waals surface area contributed by atoms with Gasteiger partial charge in [-0.3, -0.25) is 0 Å². The van der Waals surface area contributed by atoms with Gasteiger partial charge in [0.25, 0.3) is 6.43 Å². The standard InChI is InChI=1S/C13H20F2N4O/c1-2-3-6-18-13(16)19-8-10-5-4-7-17-12(10)20-9-11(14)15/h4-5,7,11H,2-3,6,8-9H2,1H3,(H3,16,18,19). The summed E-state index contributed by atoms with van der Waals surface area (Å²) in [5.74, 6) is 0.486. The van der Waals surface area contributed by atoms with Gasteiger partial charge in [-0.15, -0.1) is 0 Å². The molecular formula is C13H20F2N4O. The molecule has 5 nitrogen and oxygen atoms in total. The van der Waals surface area contributed by atoms with Crippen molar-refractivity contribution in [2.45, 2.75) is 32.7 Å². The number of nitrogens with one attached hydrogen (secondary N) is 1. The van der Waals surface area contributed by atoms with Gasteiger partial charge in [0, 0.05) is 18.3 Å². The van der Waals surface area contributed by atoms with Gasteiger partial charge in [-0.2, -0.15) is 0 Å². The summed E-state index contributed by atoms with van der Waals surface area (Å²) < 4.78 is 29.2. The molecule has 20 heavy (non-hydrogen) atoms. The summed E-state index contributed by atoms with van der Waals surface area (Å²) in [7, 11) is 0. The number of pyridine rings is 1. The molecule has 0 aliphatic carbocycles. The summed E-state index contributed by atoms with van der Waals surface area (Å²) in [6.07, 6.45) is 1.02. The molecule has 0 atom stereocenters. The van der Waals surface area contributed by atoms with Crippen LogP contribution in [0.2, 0.25) is 0 Å². The van der Waals surface area contributed by atoms with Gasteiger partial charge in [0.15, 0.2) is 12.6 Å². The maximum Gasteiger partial charge on any atom is 0.272 e. The molecule has 0 bridgehead atoms. The van der Waals surface area contributed by atoms with Crippen LogP contribution in [0.15, 0.2) is 23.3 Å². The molecule has 1 heterocycles. The Bertz CT molecular complexity index is 427. The van der Waals surface area contributed by atoms with E-state index >= 15 is 0 Å². The molecule has 0 aromatic carbocycles. The maximum atomic E-state index is 12.1. The number of unbranched alkanes of at least 4 members (excludes halogenated alkanes) is 1. The Hall–Kier alpha value is -1.92. The van der Waals surface area contributed by atoms with Crippen LogP contribution < -0.4 is 15.8 Å². The summed E-state index contributed by atoms with van der Waals surface area (Å²) in [6.45, 7) is 2.39. The van der Waals surface area contributed by atoms with Gasteiger partial charge >= 0.3 is 0 Å². The molecule has 0 saturated heterocycles. The highest BCUT2D eigenvalue weighted by Gasteiger charge is 2.08. The number of halogens is 2. The number of guanidine groups is 1. The lowest BCUT2D eigenvalue weighted by molar-refractivity contribution is 0.0791. The van der Waals surface area contributed by atoms with E-state index in [4.69, 9.17) is 10.5 Å². The number of nitrogens with two attached hydrogens (primary N) is 1. The summed E-state index contributed by atoms with van der Waals surface area (Å²) in [5, 5.41) is 2.97. The first-order chi connectivity index (χ1) is 9.63. The van der Waals surface area contributed by atoms with Crippen molar-refractivity contribution in [1.82, 2.24) is 10.3 Å². The molecule has 0 aliphatic rings. The van der Waals surface area contributed by atoms with Crippen LogP contribution in [0.3, 0.4) is 0 Å². The first-order valence-corrected chi connectivity index (χ1v) is 6.52. The van der Waals surface area contributed by atoms with Gasteiger partial charge in [-0.05, 0) is 12.5 Å². The number of hydrogen-bond donors (Lipinski definition) is 2. The van der Waals surface area contributed by atoms with Crippen LogP contribution >= 0.6 is 0 Å². The topological polar surface area (TPSA) is 72.5 Å². The first-order valence-electron chi connectivity index (χ1n) is 6.52. The van der Waals surface area contributed by atoms with Gasteiger partial charge in [0.05, 0.1) is 6.54 Å². The Morgan fingerprint density at radius 1 is 1.55 bits per heavy atom. The summed E-state index contributed by atoms with van der Waals surface area (Å²) in [4.78, 5) is 8.05. The number of rotatable bonds is 8. The number of aromatic nitrogens is 1. The van der Waals surface area contributed by atoms with Gasteiger partial charge in [0.2, 0.25) is 5.88 Å². The van der Waals surface area contributed by atoms with E-state index in [0.717, 1.165) is 19.4 Å². The second kappa shape index (κ2) is 9.06. The van der Waals surface area contributed by atoms with Crippen LogP contribution in [-0.4, -0.2) is 30.5 Å². The molecule has 0 radical (unpaired) electrons. The average molecular weight is 286 g/mol. The summed E-state index contributed by atoms with van der Waals surface area (Å²) in [6, 6.07) is 3.41. The third-order valence-electron chi connectivity index (χ3n) is 2.45. The molecule has 1 rings (SSSR count). The molecule has 112 valence electrons. The molecular weight excluding hydrogens is 266 g/mol. The van der Waals surface area contributed by atoms with E-state index in [9.17, 15) is 8.78 Å². The lowest BCUT2D eigenvalue weighted by atomic mass is 10.3. The molecule has 0 aliphatic heterocycles. The largest absolute Gasteiger partial charge is 0.471 e. The van der Waals surface area contributed by atoms with Crippen molar-refractivity contribution in [3.05, 3.63) is 23.9 Å². The third kappa shape index (κ3) is 6.31. The van der Waals surface area contributed by atoms with Crippen molar-refractivity contribution in [1.29, 1.82) is 0 Å². The number of hydrogen-bond acceptors (Lipinski definition) is 3. The minimum absolute atomic E-state index is 0.165. The van der Waals surface area contributed by atoms with E-state index in [2.05, 4.69) is 22.2 Å². The molecule has 0 amide bonds. The van der Waals surface area contributed by atoms with Gasteiger partial charge < -0.3 is 15.8 Å². The van der Waals surface area contributed by atoms with Crippen molar-refractivity contribution in [3.8, 4) is 5.88 Å². The SMILES string of the molecule is CCCCNC(N)=NCc1cccnc1OCC(F)F. The van der Waals surface area contributed by atoms with Crippen molar-refractivity contribution >= 4 is 5.96 Å². The molecule has 3 N–H and O–H groups in total. The van der Waals surface area contributed by atoms with Crippen LogP contribution in [0, 0.1) is 0 Å². The highest BCUT2D eigenvalue weighted by atomic mass is 19.3. The Morgan fingerprint density at radius 2 is 2.35 bits per heavy atom. The zero-order valence-corrected chi connectivity index (χ0v) is 11.5. The highest BCUT2D eigenvalue weighted by Crippen LogP contribution is 2.16. The summed E-state index contributed by atoms with van der Waals surface area (Å²) in [5.41, 5.74) is 6.31. The van der Waals surface area contributed by atoms with Gasteiger partial charge in [-0.1, -0.05) is 19.4 Å². The van der Waals surface area contributed by atoms with Gasteiger partial charge in [-0.25, -0.2) is 18.8 Å². The van der Waals surface area contributed by atoms with Crippen molar-refractivity contribution in [3.63, 3.8) is 0 Å². The van der Waals surface area contributed by atoms with Crippen molar-refractivity contribution in [2.75, 3.05) is 13.2 Å². The fraction of sp³-hybridized carbons (Fsp3) is 0.538. The zero-order valence-electron chi connectivity index (χ0n) is 11.5. The van der Waals surface area contributed by atoms with Crippen molar-refractivity contribution in [2.24, 2.45) is 10.7 Å². The van der Waals surface area contributed by atoms with Crippen LogP contribution in [0.4, 0.5) is 8.78 Å². The molecule has 7 heteroatoms.